The molecular formula is C19H15NO2S. The molecule has 3 nitrogen and oxygen atoms in total. The van der Waals surface area contributed by atoms with Crippen molar-refractivity contribution in [2.45, 2.75) is 10.6 Å². The van der Waals surface area contributed by atoms with E-state index >= 15 is 0 Å². The first-order valence-corrected chi connectivity index (χ1v) is 8.19. The zero-order valence-corrected chi connectivity index (χ0v) is 13.2. The molecule has 0 spiro atoms. The maximum absolute atomic E-state index is 11.2. The minimum absolute atomic E-state index is 0.0629. The molecule has 0 atom stereocenters. The molecule has 1 aromatic heterocycles. The van der Waals surface area contributed by atoms with Gasteiger partial charge in [-0.3, -0.25) is 0 Å². The third kappa shape index (κ3) is 3.79. The number of hydrogen-bond acceptors (Lipinski definition) is 3. The number of carboxylic acids is 1. The van der Waals surface area contributed by atoms with Crippen molar-refractivity contribution in [3.8, 4) is 11.3 Å². The van der Waals surface area contributed by atoms with Crippen LogP contribution in [0.2, 0.25) is 0 Å². The van der Waals surface area contributed by atoms with Crippen LogP contribution in [0.4, 0.5) is 0 Å². The lowest BCUT2D eigenvalue weighted by Gasteiger charge is -2.10. The Hall–Kier alpha value is -2.59. The van der Waals surface area contributed by atoms with E-state index in [0.717, 1.165) is 16.2 Å². The number of nitrogens with zero attached hydrogens (tertiary/aromatic N) is 1. The van der Waals surface area contributed by atoms with Crippen molar-refractivity contribution in [2.24, 2.45) is 0 Å². The predicted octanol–water partition coefficient (Wildman–Crippen LogP) is 4.74. The van der Waals surface area contributed by atoms with Gasteiger partial charge < -0.3 is 5.11 Å². The molecule has 0 radical (unpaired) electrons. The molecule has 4 heteroatoms. The second-order valence-electron chi connectivity index (χ2n) is 4.99. The monoisotopic (exact) mass is 321 g/mol. The number of hydrogen-bond donors (Lipinski definition) is 1. The zero-order valence-electron chi connectivity index (χ0n) is 12.3. The first-order valence-electron chi connectivity index (χ1n) is 7.20. The summed E-state index contributed by atoms with van der Waals surface area (Å²) < 4.78 is 0. The molecule has 0 aliphatic carbocycles. The van der Waals surface area contributed by atoms with Gasteiger partial charge in [0, 0.05) is 16.2 Å². The highest BCUT2D eigenvalue weighted by atomic mass is 32.2. The van der Waals surface area contributed by atoms with Crippen LogP contribution in [0.5, 0.6) is 0 Å². The van der Waals surface area contributed by atoms with Crippen LogP contribution in [0.25, 0.3) is 11.3 Å². The van der Waals surface area contributed by atoms with E-state index in [1.165, 1.54) is 5.56 Å². The van der Waals surface area contributed by atoms with Crippen molar-refractivity contribution in [1.29, 1.82) is 0 Å². The minimum atomic E-state index is -1.01. The molecule has 3 aromatic rings. The number of pyridine rings is 1. The van der Waals surface area contributed by atoms with Crippen molar-refractivity contribution < 1.29 is 9.90 Å². The Bertz CT molecular complexity index is 804. The lowest BCUT2D eigenvalue weighted by atomic mass is 10.1. The molecule has 3 rings (SSSR count). The highest BCUT2D eigenvalue weighted by molar-refractivity contribution is 7.98. The molecule has 0 aliphatic rings. The van der Waals surface area contributed by atoms with Crippen molar-refractivity contribution in [3.05, 3.63) is 84.1 Å². The molecule has 0 saturated heterocycles. The lowest BCUT2D eigenvalue weighted by molar-refractivity contribution is 0.0690. The summed E-state index contributed by atoms with van der Waals surface area (Å²) in [5.74, 6) is -0.198. The van der Waals surface area contributed by atoms with Crippen LogP contribution in [0.1, 0.15) is 16.1 Å². The highest BCUT2D eigenvalue weighted by Crippen LogP contribution is 2.32. The number of carbonyl (C=O) groups is 1. The largest absolute Gasteiger partial charge is 0.477 e. The summed E-state index contributed by atoms with van der Waals surface area (Å²) in [6, 6.07) is 23.2. The SMILES string of the molecule is O=C(O)c1ccc(SCc2ccccc2)c(-c2ccccc2)n1. The first-order chi connectivity index (χ1) is 11.2. The average Bonchev–Trinajstić information content (AvgIpc) is 2.61. The summed E-state index contributed by atoms with van der Waals surface area (Å²) in [7, 11) is 0. The fourth-order valence-corrected chi connectivity index (χ4v) is 3.20. The van der Waals surface area contributed by atoms with Crippen LogP contribution >= 0.6 is 11.8 Å². The topological polar surface area (TPSA) is 50.2 Å². The fourth-order valence-electron chi connectivity index (χ4n) is 2.22. The van der Waals surface area contributed by atoms with Gasteiger partial charge in [-0.25, -0.2) is 9.78 Å². The van der Waals surface area contributed by atoms with Gasteiger partial charge in [0.25, 0.3) is 0 Å². The Morgan fingerprint density at radius 3 is 2.22 bits per heavy atom. The maximum atomic E-state index is 11.2. The summed E-state index contributed by atoms with van der Waals surface area (Å²) in [5.41, 5.74) is 2.92. The van der Waals surface area contributed by atoms with Crippen LogP contribution < -0.4 is 0 Å². The number of aromatic nitrogens is 1. The number of carboxylic acid groups (broad SMARTS) is 1. The normalized spacial score (nSPS) is 10.4. The second kappa shape index (κ2) is 7.11. The van der Waals surface area contributed by atoms with E-state index in [1.807, 2.05) is 54.6 Å². The summed E-state index contributed by atoms with van der Waals surface area (Å²) >= 11 is 1.66. The molecule has 0 saturated carbocycles. The summed E-state index contributed by atoms with van der Waals surface area (Å²) in [4.78, 5) is 16.5. The van der Waals surface area contributed by atoms with Gasteiger partial charge in [-0.1, -0.05) is 60.7 Å². The molecule has 114 valence electrons. The fraction of sp³-hybridized carbons (Fsp3) is 0.0526. The zero-order chi connectivity index (χ0) is 16.1. The molecule has 1 N–H and O–H groups in total. The molecule has 0 aliphatic heterocycles. The highest BCUT2D eigenvalue weighted by Gasteiger charge is 2.12. The van der Waals surface area contributed by atoms with Crippen LogP contribution in [-0.2, 0) is 5.75 Å². The molecule has 0 fully saturated rings. The molecule has 1 heterocycles. The Kier molecular flexibility index (Phi) is 4.74. The van der Waals surface area contributed by atoms with E-state index in [1.54, 1.807) is 17.8 Å². The third-order valence-corrected chi connectivity index (χ3v) is 4.48. The van der Waals surface area contributed by atoms with Crippen LogP contribution in [0, 0.1) is 0 Å². The number of aromatic carboxylic acids is 1. The Balaban J connectivity index is 1.94. The van der Waals surface area contributed by atoms with Gasteiger partial charge in [-0.15, -0.1) is 11.8 Å². The summed E-state index contributed by atoms with van der Waals surface area (Å²) in [6.45, 7) is 0. The van der Waals surface area contributed by atoms with Gasteiger partial charge in [-0.05, 0) is 17.7 Å². The molecule has 0 bridgehead atoms. The van der Waals surface area contributed by atoms with E-state index in [-0.39, 0.29) is 5.69 Å². The number of benzene rings is 2. The lowest BCUT2D eigenvalue weighted by Crippen LogP contribution is -2.02. The predicted molar refractivity (Wildman–Crippen MR) is 92.6 cm³/mol. The Morgan fingerprint density at radius 2 is 1.57 bits per heavy atom. The van der Waals surface area contributed by atoms with E-state index in [0.29, 0.717) is 5.69 Å². The molecule has 0 amide bonds. The van der Waals surface area contributed by atoms with Crippen molar-refractivity contribution in [2.75, 3.05) is 0 Å². The van der Waals surface area contributed by atoms with Crippen molar-refractivity contribution in [1.82, 2.24) is 4.98 Å². The minimum Gasteiger partial charge on any atom is -0.477 e. The number of rotatable bonds is 5. The van der Waals surface area contributed by atoms with Crippen molar-refractivity contribution >= 4 is 17.7 Å². The van der Waals surface area contributed by atoms with E-state index < -0.39 is 5.97 Å². The standard InChI is InChI=1S/C19H15NO2S/c21-19(22)16-11-12-17(23-13-14-7-3-1-4-8-14)18(20-16)15-9-5-2-6-10-15/h1-12H,13H2,(H,21,22). The number of thioether (sulfide) groups is 1. The first kappa shape index (κ1) is 15.3. The van der Waals surface area contributed by atoms with E-state index in [4.69, 9.17) is 0 Å². The molecule has 2 aromatic carbocycles. The summed E-state index contributed by atoms with van der Waals surface area (Å²) in [6.07, 6.45) is 0. The van der Waals surface area contributed by atoms with Gasteiger partial charge in [0.1, 0.15) is 5.69 Å². The smallest absolute Gasteiger partial charge is 0.354 e. The van der Waals surface area contributed by atoms with Gasteiger partial charge >= 0.3 is 5.97 Å². The van der Waals surface area contributed by atoms with Crippen LogP contribution in [0.15, 0.2) is 77.7 Å². The third-order valence-electron chi connectivity index (χ3n) is 3.36. The van der Waals surface area contributed by atoms with Gasteiger partial charge in [0.05, 0.1) is 5.69 Å². The molecule has 0 unspecified atom stereocenters. The van der Waals surface area contributed by atoms with Crippen molar-refractivity contribution in [3.63, 3.8) is 0 Å². The van der Waals surface area contributed by atoms with E-state index in [9.17, 15) is 9.90 Å². The molecule has 23 heavy (non-hydrogen) atoms. The van der Waals surface area contributed by atoms with Gasteiger partial charge in [0.2, 0.25) is 0 Å². The second-order valence-corrected chi connectivity index (χ2v) is 6.01. The van der Waals surface area contributed by atoms with Gasteiger partial charge in [0.15, 0.2) is 0 Å². The van der Waals surface area contributed by atoms with Gasteiger partial charge in [-0.2, -0.15) is 0 Å². The summed E-state index contributed by atoms with van der Waals surface area (Å²) in [5, 5.41) is 9.19. The van der Waals surface area contributed by atoms with Crippen LogP contribution in [0.3, 0.4) is 0 Å². The Labute approximate surface area is 139 Å². The molecular weight excluding hydrogens is 306 g/mol. The van der Waals surface area contributed by atoms with E-state index in [2.05, 4.69) is 17.1 Å². The van der Waals surface area contributed by atoms with Crippen LogP contribution in [-0.4, -0.2) is 16.1 Å². The quantitative estimate of drug-likeness (QED) is 0.690. The Morgan fingerprint density at radius 1 is 0.913 bits per heavy atom. The maximum Gasteiger partial charge on any atom is 0.354 e. The average molecular weight is 321 g/mol.